The Morgan fingerprint density at radius 3 is 2.29 bits per heavy atom. The molecule has 0 fully saturated rings. The summed E-state index contributed by atoms with van der Waals surface area (Å²) in [5.41, 5.74) is 0.907. The van der Waals surface area contributed by atoms with Crippen LogP contribution in [0.5, 0.6) is 0 Å². The Morgan fingerprint density at radius 1 is 1.24 bits per heavy atom. The van der Waals surface area contributed by atoms with E-state index in [0.29, 0.717) is 0 Å². The summed E-state index contributed by atoms with van der Waals surface area (Å²) in [5, 5.41) is 2.96. The highest BCUT2D eigenvalue weighted by Gasteiger charge is 2.30. The van der Waals surface area contributed by atoms with Crippen molar-refractivity contribution >= 4 is 0 Å². The van der Waals surface area contributed by atoms with Gasteiger partial charge in [0.2, 0.25) is 0 Å². The third-order valence-electron chi connectivity index (χ3n) is 2.45. The molecule has 0 aliphatic rings. The first-order valence-corrected chi connectivity index (χ1v) is 5.34. The van der Waals surface area contributed by atoms with Crippen LogP contribution in [-0.4, -0.2) is 25.9 Å². The number of halogens is 3. The zero-order valence-electron chi connectivity index (χ0n) is 9.79. The molecule has 96 valence electrons. The third-order valence-corrected chi connectivity index (χ3v) is 2.45. The van der Waals surface area contributed by atoms with E-state index in [4.69, 9.17) is 4.74 Å². The molecule has 0 aromatic heterocycles. The molecular weight excluding hydrogens is 231 g/mol. The molecule has 2 atom stereocenters. The molecule has 0 aliphatic heterocycles. The molecule has 0 heterocycles. The zero-order valence-corrected chi connectivity index (χ0v) is 9.79. The van der Waals surface area contributed by atoms with E-state index in [2.05, 4.69) is 5.32 Å². The van der Waals surface area contributed by atoms with Gasteiger partial charge in [0, 0.05) is 0 Å². The Hall–Kier alpha value is -1.07. The van der Waals surface area contributed by atoms with Gasteiger partial charge in [-0.2, -0.15) is 13.2 Å². The summed E-state index contributed by atoms with van der Waals surface area (Å²) in [7, 11) is 1.70. The van der Waals surface area contributed by atoms with Crippen LogP contribution in [0, 0.1) is 0 Å². The molecule has 0 bridgehead atoms. The van der Waals surface area contributed by atoms with Crippen molar-refractivity contribution in [2.75, 3.05) is 13.7 Å². The molecule has 0 spiro atoms. The van der Waals surface area contributed by atoms with Gasteiger partial charge in [0.05, 0.1) is 12.1 Å². The molecule has 0 saturated carbocycles. The molecule has 0 amide bonds. The van der Waals surface area contributed by atoms with E-state index < -0.39 is 18.9 Å². The van der Waals surface area contributed by atoms with Crippen molar-refractivity contribution in [2.45, 2.75) is 25.2 Å². The second-order valence-corrected chi connectivity index (χ2v) is 3.81. The standard InChI is InChI=1S/C12H16F3NO/c1-9(17-8-12(13,14)15)11(16-2)10-6-4-3-5-7-10/h3-7,9,11,16H,8H2,1-2H3. The maximum Gasteiger partial charge on any atom is 0.411 e. The fraction of sp³-hybridized carbons (Fsp3) is 0.500. The van der Waals surface area contributed by atoms with Crippen LogP contribution in [0.3, 0.4) is 0 Å². The minimum absolute atomic E-state index is 0.251. The minimum Gasteiger partial charge on any atom is -0.367 e. The number of likely N-dealkylation sites (N-methyl/N-ethyl adjacent to an activating group) is 1. The summed E-state index contributed by atoms with van der Waals surface area (Å²) in [5.74, 6) is 0. The van der Waals surface area contributed by atoms with Crippen LogP contribution in [0.2, 0.25) is 0 Å². The van der Waals surface area contributed by atoms with E-state index in [-0.39, 0.29) is 6.04 Å². The molecule has 1 rings (SSSR count). The van der Waals surface area contributed by atoms with Crippen molar-refractivity contribution in [1.82, 2.24) is 5.32 Å². The third kappa shape index (κ3) is 4.75. The number of rotatable bonds is 5. The number of ether oxygens (including phenoxy) is 1. The fourth-order valence-electron chi connectivity index (χ4n) is 1.65. The fourth-order valence-corrected chi connectivity index (χ4v) is 1.65. The summed E-state index contributed by atoms with van der Waals surface area (Å²) < 4.78 is 40.9. The average Bonchev–Trinajstić information content (AvgIpc) is 2.28. The van der Waals surface area contributed by atoms with Gasteiger partial charge in [-0.05, 0) is 19.5 Å². The van der Waals surface area contributed by atoms with Crippen LogP contribution in [0.15, 0.2) is 30.3 Å². The van der Waals surface area contributed by atoms with E-state index in [1.165, 1.54) is 0 Å². The maximum atomic E-state index is 12.0. The molecule has 5 heteroatoms. The lowest BCUT2D eigenvalue weighted by Gasteiger charge is -2.24. The summed E-state index contributed by atoms with van der Waals surface area (Å²) in [6, 6.07) is 9.01. The summed E-state index contributed by atoms with van der Waals surface area (Å²) >= 11 is 0. The van der Waals surface area contributed by atoms with Crippen molar-refractivity contribution in [1.29, 1.82) is 0 Å². The Morgan fingerprint density at radius 2 is 1.82 bits per heavy atom. The van der Waals surface area contributed by atoms with Crippen molar-refractivity contribution in [3.8, 4) is 0 Å². The number of alkyl halides is 3. The normalized spacial score (nSPS) is 15.6. The molecular formula is C12H16F3NO. The quantitative estimate of drug-likeness (QED) is 0.863. The van der Waals surface area contributed by atoms with Crippen molar-refractivity contribution in [3.05, 3.63) is 35.9 Å². The Bertz CT molecular complexity index is 326. The van der Waals surface area contributed by atoms with E-state index in [1.54, 1.807) is 14.0 Å². The van der Waals surface area contributed by atoms with E-state index in [1.807, 2.05) is 30.3 Å². The molecule has 0 aliphatic carbocycles. The van der Waals surface area contributed by atoms with Gasteiger partial charge in [0.15, 0.2) is 0 Å². The smallest absolute Gasteiger partial charge is 0.367 e. The van der Waals surface area contributed by atoms with Crippen molar-refractivity contribution in [3.63, 3.8) is 0 Å². The van der Waals surface area contributed by atoms with E-state index in [0.717, 1.165) is 5.56 Å². The van der Waals surface area contributed by atoms with Crippen LogP contribution >= 0.6 is 0 Å². The molecule has 0 radical (unpaired) electrons. The first-order chi connectivity index (χ1) is 7.94. The first-order valence-electron chi connectivity index (χ1n) is 5.34. The van der Waals surface area contributed by atoms with Crippen molar-refractivity contribution in [2.24, 2.45) is 0 Å². The highest BCUT2D eigenvalue weighted by Crippen LogP contribution is 2.21. The lowest BCUT2D eigenvalue weighted by atomic mass is 10.0. The van der Waals surface area contributed by atoms with Gasteiger partial charge in [-0.15, -0.1) is 0 Å². The topological polar surface area (TPSA) is 21.3 Å². The largest absolute Gasteiger partial charge is 0.411 e. The van der Waals surface area contributed by atoms with Crippen LogP contribution in [-0.2, 0) is 4.74 Å². The second kappa shape index (κ2) is 6.02. The van der Waals surface area contributed by atoms with Gasteiger partial charge >= 0.3 is 6.18 Å². The van der Waals surface area contributed by atoms with Crippen LogP contribution in [0.1, 0.15) is 18.5 Å². The Kier molecular flexibility index (Phi) is 4.96. The molecule has 2 nitrogen and oxygen atoms in total. The van der Waals surface area contributed by atoms with Gasteiger partial charge in [0.1, 0.15) is 6.61 Å². The second-order valence-electron chi connectivity index (χ2n) is 3.81. The highest BCUT2D eigenvalue weighted by molar-refractivity contribution is 5.19. The predicted molar refractivity (Wildman–Crippen MR) is 59.7 cm³/mol. The van der Waals surface area contributed by atoms with Crippen LogP contribution < -0.4 is 5.32 Å². The van der Waals surface area contributed by atoms with Crippen LogP contribution in [0.4, 0.5) is 13.2 Å². The Labute approximate surface area is 98.8 Å². The molecule has 2 unspecified atom stereocenters. The lowest BCUT2D eigenvalue weighted by Crippen LogP contribution is -2.32. The summed E-state index contributed by atoms with van der Waals surface area (Å²) in [4.78, 5) is 0. The van der Waals surface area contributed by atoms with Gasteiger partial charge in [-0.3, -0.25) is 0 Å². The van der Waals surface area contributed by atoms with E-state index >= 15 is 0 Å². The van der Waals surface area contributed by atoms with Crippen molar-refractivity contribution < 1.29 is 17.9 Å². The van der Waals surface area contributed by atoms with Gasteiger partial charge < -0.3 is 10.1 Å². The molecule has 1 aromatic rings. The van der Waals surface area contributed by atoms with Crippen LogP contribution in [0.25, 0.3) is 0 Å². The summed E-state index contributed by atoms with van der Waals surface area (Å²) in [6.07, 6.45) is -4.84. The summed E-state index contributed by atoms with van der Waals surface area (Å²) in [6.45, 7) is 0.402. The maximum absolute atomic E-state index is 12.0. The number of nitrogens with one attached hydrogen (secondary N) is 1. The molecule has 17 heavy (non-hydrogen) atoms. The lowest BCUT2D eigenvalue weighted by molar-refractivity contribution is -0.186. The Balaban J connectivity index is 2.62. The molecule has 1 N–H and O–H groups in total. The molecule has 1 aromatic carbocycles. The number of benzene rings is 1. The average molecular weight is 247 g/mol. The monoisotopic (exact) mass is 247 g/mol. The van der Waals surface area contributed by atoms with Gasteiger partial charge in [0.25, 0.3) is 0 Å². The minimum atomic E-state index is -4.29. The highest BCUT2D eigenvalue weighted by atomic mass is 19.4. The molecule has 0 saturated heterocycles. The first kappa shape index (κ1) is 14.0. The predicted octanol–water partition coefficient (Wildman–Crippen LogP) is 2.91. The number of hydrogen-bond donors (Lipinski definition) is 1. The van der Waals surface area contributed by atoms with E-state index in [9.17, 15) is 13.2 Å². The van der Waals surface area contributed by atoms with Gasteiger partial charge in [-0.1, -0.05) is 30.3 Å². The number of hydrogen-bond acceptors (Lipinski definition) is 2. The zero-order chi connectivity index (χ0) is 12.9. The van der Waals surface area contributed by atoms with Gasteiger partial charge in [-0.25, -0.2) is 0 Å². The SMILES string of the molecule is CNC(c1ccccc1)C(C)OCC(F)(F)F.